The molecule has 3 aromatic rings. The van der Waals surface area contributed by atoms with Crippen LogP contribution in [-0.4, -0.2) is 22.9 Å². The van der Waals surface area contributed by atoms with Crippen molar-refractivity contribution in [1.29, 1.82) is 0 Å². The number of amides is 1. The lowest BCUT2D eigenvalue weighted by Gasteiger charge is -2.09. The fourth-order valence-corrected chi connectivity index (χ4v) is 3.27. The van der Waals surface area contributed by atoms with Crippen LogP contribution >= 0.6 is 0 Å². The van der Waals surface area contributed by atoms with Gasteiger partial charge in [0.25, 0.3) is 11.7 Å². The minimum absolute atomic E-state index is 0.356. The van der Waals surface area contributed by atoms with Crippen LogP contribution in [0.3, 0.4) is 0 Å². The maximum atomic E-state index is 12.5. The molecule has 0 aliphatic rings. The van der Waals surface area contributed by atoms with Crippen LogP contribution in [0.4, 0.5) is 0 Å². The number of rotatable bonds is 8. The molecule has 0 saturated heterocycles. The molecule has 0 radical (unpaired) electrons. The molecule has 1 amide bonds. The van der Waals surface area contributed by atoms with Gasteiger partial charge in [-0.15, -0.1) is 0 Å². The van der Waals surface area contributed by atoms with Crippen molar-refractivity contribution in [2.75, 3.05) is 6.61 Å². The standard InChI is InChI=1S/C22H24N2O3.2C2H6/c1-3-4-12-27-17-10-11-19-18(13-17)20(21(25)22(23)26)15(2)24(19)14-16-8-6-5-7-9-16;2*1-2/h5-11,13H,3-4,12,14H2,1-2H3,(H2,23,26);2*1-2H3. The van der Waals surface area contributed by atoms with Gasteiger partial charge in [0.05, 0.1) is 12.2 Å². The highest BCUT2D eigenvalue weighted by Gasteiger charge is 2.24. The summed E-state index contributed by atoms with van der Waals surface area (Å²) in [6.45, 7) is 13.2. The van der Waals surface area contributed by atoms with Crippen molar-refractivity contribution in [2.24, 2.45) is 5.73 Å². The molecule has 5 heteroatoms. The van der Waals surface area contributed by atoms with Crippen LogP contribution in [0.15, 0.2) is 48.5 Å². The number of carbonyl (C=O) groups is 2. The first kappa shape index (κ1) is 26.0. The molecule has 168 valence electrons. The Balaban J connectivity index is 0.00000113. The molecule has 2 aromatic carbocycles. The molecule has 0 aliphatic heterocycles. The molecule has 3 rings (SSSR count). The highest BCUT2D eigenvalue weighted by Crippen LogP contribution is 2.30. The van der Waals surface area contributed by atoms with Gasteiger partial charge in [0.1, 0.15) is 5.75 Å². The predicted octanol–water partition coefficient (Wildman–Crippen LogP) is 5.90. The molecular weight excluding hydrogens is 388 g/mol. The minimum Gasteiger partial charge on any atom is -0.494 e. The number of hydrogen-bond donors (Lipinski definition) is 1. The predicted molar refractivity (Wildman–Crippen MR) is 129 cm³/mol. The van der Waals surface area contributed by atoms with Crippen molar-refractivity contribution in [3.05, 3.63) is 65.4 Å². The summed E-state index contributed by atoms with van der Waals surface area (Å²) >= 11 is 0. The quantitative estimate of drug-likeness (QED) is 0.278. The van der Waals surface area contributed by atoms with E-state index in [-0.39, 0.29) is 0 Å². The molecule has 5 nitrogen and oxygen atoms in total. The number of benzene rings is 2. The summed E-state index contributed by atoms with van der Waals surface area (Å²) in [5.41, 5.74) is 8.37. The fourth-order valence-electron chi connectivity index (χ4n) is 3.27. The van der Waals surface area contributed by atoms with Gasteiger partial charge in [0.15, 0.2) is 0 Å². The third kappa shape index (κ3) is 6.45. The van der Waals surface area contributed by atoms with Gasteiger partial charge in [-0.3, -0.25) is 9.59 Å². The lowest BCUT2D eigenvalue weighted by atomic mass is 10.1. The van der Waals surface area contributed by atoms with Crippen molar-refractivity contribution in [3.8, 4) is 5.75 Å². The molecule has 0 spiro atoms. The number of carbonyl (C=O) groups excluding carboxylic acids is 2. The van der Waals surface area contributed by atoms with Crippen LogP contribution in [0.5, 0.6) is 5.75 Å². The maximum absolute atomic E-state index is 12.5. The van der Waals surface area contributed by atoms with Crippen LogP contribution in [0.2, 0.25) is 0 Å². The molecule has 0 aliphatic carbocycles. The van der Waals surface area contributed by atoms with Crippen molar-refractivity contribution in [1.82, 2.24) is 4.57 Å². The summed E-state index contributed by atoms with van der Waals surface area (Å²) in [5.74, 6) is -0.935. The van der Waals surface area contributed by atoms with Crippen molar-refractivity contribution in [2.45, 2.75) is 60.9 Å². The van der Waals surface area contributed by atoms with Gasteiger partial charge in [0, 0.05) is 23.1 Å². The Hall–Kier alpha value is -3.08. The molecule has 0 fully saturated rings. The Labute approximate surface area is 186 Å². The van der Waals surface area contributed by atoms with Crippen molar-refractivity contribution >= 4 is 22.6 Å². The van der Waals surface area contributed by atoms with Gasteiger partial charge in [0.2, 0.25) is 0 Å². The Morgan fingerprint density at radius 2 is 1.65 bits per heavy atom. The Bertz CT molecular complexity index is 975. The summed E-state index contributed by atoms with van der Waals surface area (Å²) in [6, 6.07) is 15.6. The smallest absolute Gasteiger partial charge is 0.289 e. The van der Waals surface area contributed by atoms with Gasteiger partial charge in [-0.2, -0.15) is 0 Å². The third-order valence-corrected chi connectivity index (χ3v) is 4.70. The summed E-state index contributed by atoms with van der Waals surface area (Å²) in [4.78, 5) is 24.1. The second kappa shape index (κ2) is 13.3. The summed E-state index contributed by atoms with van der Waals surface area (Å²) in [6.07, 6.45) is 2.00. The first-order valence-corrected chi connectivity index (χ1v) is 11.2. The van der Waals surface area contributed by atoms with E-state index in [1.165, 1.54) is 0 Å². The molecule has 0 atom stereocenters. The van der Waals surface area contributed by atoms with Crippen LogP contribution in [0.1, 0.15) is 69.1 Å². The Morgan fingerprint density at radius 3 is 2.23 bits per heavy atom. The second-order valence-corrected chi connectivity index (χ2v) is 6.61. The highest BCUT2D eigenvalue weighted by molar-refractivity contribution is 6.44. The van der Waals surface area contributed by atoms with Gasteiger partial charge < -0.3 is 15.0 Å². The number of hydrogen-bond acceptors (Lipinski definition) is 3. The Morgan fingerprint density at radius 1 is 1.00 bits per heavy atom. The number of nitrogens with two attached hydrogens (primary N) is 1. The van der Waals surface area contributed by atoms with Gasteiger partial charge in [-0.05, 0) is 37.1 Å². The average molecular weight is 425 g/mol. The van der Waals surface area contributed by atoms with E-state index in [2.05, 4.69) is 6.92 Å². The molecule has 2 N–H and O–H groups in total. The zero-order chi connectivity index (χ0) is 23.4. The topological polar surface area (TPSA) is 74.3 Å². The zero-order valence-corrected chi connectivity index (χ0v) is 19.7. The van der Waals surface area contributed by atoms with E-state index in [0.29, 0.717) is 29.9 Å². The first-order valence-electron chi connectivity index (χ1n) is 11.2. The van der Waals surface area contributed by atoms with Crippen LogP contribution < -0.4 is 10.5 Å². The molecule has 0 bridgehead atoms. The largest absolute Gasteiger partial charge is 0.494 e. The molecule has 0 saturated carbocycles. The van der Waals surface area contributed by atoms with Crippen molar-refractivity contribution < 1.29 is 14.3 Å². The number of Topliss-reactive ketones (excluding diaryl/α,β-unsaturated/α-hetero) is 1. The van der Waals surface area contributed by atoms with Crippen LogP contribution in [-0.2, 0) is 11.3 Å². The monoisotopic (exact) mass is 424 g/mol. The van der Waals surface area contributed by atoms with E-state index < -0.39 is 11.7 Å². The van der Waals surface area contributed by atoms with Crippen LogP contribution in [0.25, 0.3) is 10.9 Å². The summed E-state index contributed by atoms with van der Waals surface area (Å²) in [7, 11) is 0. The zero-order valence-electron chi connectivity index (χ0n) is 19.7. The molecular formula is C26H36N2O3. The number of ketones is 1. The average Bonchev–Trinajstić information content (AvgIpc) is 3.07. The number of nitrogens with zero attached hydrogens (tertiary/aromatic N) is 1. The number of unbranched alkanes of at least 4 members (excludes halogenated alkanes) is 1. The first-order chi connectivity index (χ1) is 15.0. The Kier molecular flexibility index (Phi) is 11.1. The number of fused-ring (bicyclic) bond motifs is 1. The molecule has 1 aromatic heterocycles. The minimum atomic E-state index is -0.950. The number of primary amides is 1. The molecule has 0 unspecified atom stereocenters. The van der Waals surface area contributed by atoms with E-state index in [1.54, 1.807) is 0 Å². The van der Waals surface area contributed by atoms with Gasteiger partial charge in [-0.25, -0.2) is 0 Å². The van der Waals surface area contributed by atoms with Crippen LogP contribution in [0, 0.1) is 6.92 Å². The van der Waals surface area contributed by atoms with Gasteiger partial charge >= 0.3 is 0 Å². The summed E-state index contributed by atoms with van der Waals surface area (Å²) < 4.78 is 7.82. The number of ether oxygens (including phenoxy) is 1. The highest BCUT2D eigenvalue weighted by atomic mass is 16.5. The van der Waals surface area contributed by atoms with E-state index in [0.717, 1.165) is 29.6 Å². The maximum Gasteiger partial charge on any atom is 0.289 e. The lowest BCUT2D eigenvalue weighted by Crippen LogP contribution is -2.23. The van der Waals surface area contributed by atoms with E-state index in [4.69, 9.17) is 10.5 Å². The van der Waals surface area contributed by atoms with E-state index >= 15 is 0 Å². The SMILES string of the molecule is CC.CC.CCCCOc1ccc2c(c1)c(C(=O)C(N)=O)c(C)n2Cc1ccccc1. The molecule has 1 heterocycles. The fraction of sp³-hybridized carbons (Fsp3) is 0.385. The van der Waals surface area contributed by atoms with Crippen molar-refractivity contribution in [3.63, 3.8) is 0 Å². The van der Waals surface area contributed by atoms with E-state index in [9.17, 15) is 9.59 Å². The lowest BCUT2D eigenvalue weighted by molar-refractivity contribution is -0.114. The normalized spacial score (nSPS) is 9.87. The molecule has 31 heavy (non-hydrogen) atoms. The van der Waals surface area contributed by atoms with Gasteiger partial charge in [-0.1, -0.05) is 71.4 Å². The number of aromatic nitrogens is 1. The third-order valence-electron chi connectivity index (χ3n) is 4.70. The second-order valence-electron chi connectivity index (χ2n) is 6.61. The summed E-state index contributed by atoms with van der Waals surface area (Å²) in [5, 5.41) is 0.696. The van der Waals surface area contributed by atoms with E-state index in [1.807, 2.05) is 87.7 Å².